The lowest BCUT2D eigenvalue weighted by Crippen LogP contribution is -2.32. The maximum absolute atomic E-state index is 4.48. The topological polar surface area (TPSA) is 37.2 Å². The molecule has 25 heavy (non-hydrogen) atoms. The number of piperidine rings is 1. The molecule has 1 aliphatic heterocycles. The second kappa shape index (κ2) is 8.81. The van der Waals surface area contributed by atoms with Crippen LogP contribution in [0.5, 0.6) is 0 Å². The van der Waals surface area contributed by atoms with E-state index in [1.165, 1.54) is 31.4 Å². The van der Waals surface area contributed by atoms with Crippen LogP contribution in [0.4, 0.5) is 5.13 Å². The summed E-state index contributed by atoms with van der Waals surface area (Å²) >= 11 is 1.71. The zero-order chi connectivity index (χ0) is 17.6. The maximum atomic E-state index is 4.48. The fourth-order valence-electron chi connectivity index (χ4n) is 3.32. The summed E-state index contributed by atoms with van der Waals surface area (Å²) in [5, 5.41) is 11.0. The third kappa shape index (κ3) is 4.61. The van der Waals surface area contributed by atoms with E-state index in [1.807, 2.05) is 0 Å². The van der Waals surface area contributed by atoms with Crippen LogP contribution < -0.4 is 4.90 Å². The average Bonchev–Trinajstić information content (AvgIpc) is 3.28. The molecule has 2 aromatic heterocycles. The molecular weight excluding hydrogens is 330 g/mol. The Bertz CT molecular complexity index is 642. The van der Waals surface area contributed by atoms with Crippen molar-refractivity contribution in [2.45, 2.75) is 53.0 Å². The van der Waals surface area contributed by atoms with Crippen molar-refractivity contribution in [2.24, 2.45) is 5.92 Å². The molecule has 0 radical (unpaired) electrons. The zero-order valence-corrected chi connectivity index (χ0v) is 16.6. The van der Waals surface area contributed by atoms with Crippen molar-refractivity contribution in [1.29, 1.82) is 0 Å². The van der Waals surface area contributed by atoms with Gasteiger partial charge >= 0.3 is 0 Å². The van der Waals surface area contributed by atoms with Gasteiger partial charge in [0, 0.05) is 31.5 Å². The van der Waals surface area contributed by atoms with Gasteiger partial charge in [0.05, 0.1) is 0 Å². The first-order valence-electron chi connectivity index (χ1n) is 9.68. The second-order valence-corrected chi connectivity index (χ2v) is 8.06. The van der Waals surface area contributed by atoms with E-state index in [1.54, 1.807) is 11.3 Å². The van der Waals surface area contributed by atoms with E-state index in [4.69, 9.17) is 0 Å². The van der Waals surface area contributed by atoms with Gasteiger partial charge in [-0.25, -0.2) is 0 Å². The van der Waals surface area contributed by atoms with Crippen molar-refractivity contribution >= 4 is 16.5 Å². The fraction of sp³-hybridized carbons (Fsp3) is 0.684. The summed E-state index contributed by atoms with van der Waals surface area (Å²) in [6.07, 6.45) is 7.13. The van der Waals surface area contributed by atoms with Crippen molar-refractivity contribution in [1.82, 2.24) is 19.7 Å². The highest BCUT2D eigenvalue weighted by Gasteiger charge is 2.20. The predicted octanol–water partition coefficient (Wildman–Crippen LogP) is 4.19. The van der Waals surface area contributed by atoms with Crippen LogP contribution in [0.2, 0.25) is 0 Å². The molecule has 0 amide bonds. The highest BCUT2D eigenvalue weighted by atomic mass is 32.1. The Morgan fingerprint density at radius 3 is 2.68 bits per heavy atom. The quantitative estimate of drug-likeness (QED) is 0.706. The Balaban J connectivity index is 1.70. The molecule has 0 N–H and O–H groups in total. The molecule has 3 rings (SSSR count). The van der Waals surface area contributed by atoms with Crippen LogP contribution >= 0.6 is 11.3 Å². The van der Waals surface area contributed by atoms with Gasteiger partial charge in [-0.1, -0.05) is 38.5 Å². The predicted molar refractivity (Wildman–Crippen MR) is 106 cm³/mol. The molecule has 5 nitrogen and oxygen atoms in total. The summed E-state index contributed by atoms with van der Waals surface area (Å²) in [5.41, 5.74) is 1.30. The molecule has 0 aliphatic carbocycles. The third-order valence-electron chi connectivity index (χ3n) is 5.16. The highest BCUT2D eigenvalue weighted by molar-refractivity contribution is 7.17. The number of hydrogen-bond acceptors (Lipinski definition) is 5. The minimum atomic E-state index is 0.836. The lowest BCUT2D eigenvalue weighted by atomic mass is 10.00. The molecule has 2 aromatic rings. The van der Waals surface area contributed by atoms with E-state index in [2.05, 4.69) is 63.7 Å². The minimum absolute atomic E-state index is 0.836. The maximum Gasteiger partial charge on any atom is 0.218 e. The molecule has 138 valence electrons. The molecule has 1 aliphatic rings. The van der Waals surface area contributed by atoms with Gasteiger partial charge in [0.15, 0.2) is 0 Å². The molecule has 0 spiro atoms. The monoisotopic (exact) mass is 361 g/mol. The van der Waals surface area contributed by atoms with E-state index in [0.717, 1.165) is 48.9 Å². The number of hydrogen-bond donors (Lipinski definition) is 0. The Morgan fingerprint density at radius 2 is 1.96 bits per heavy atom. The Labute approximate surface area is 155 Å². The zero-order valence-electron chi connectivity index (χ0n) is 15.8. The number of anilines is 1. The van der Waals surface area contributed by atoms with E-state index in [-0.39, 0.29) is 0 Å². The smallest absolute Gasteiger partial charge is 0.218 e. The van der Waals surface area contributed by atoms with Crippen LogP contribution in [0, 0.1) is 5.92 Å². The average molecular weight is 362 g/mol. The van der Waals surface area contributed by atoms with Crippen LogP contribution in [-0.2, 0) is 6.54 Å². The van der Waals surface area contributed by atoms with Gasteiger partial charge in [-0.05, 0) is 50.4 Å². The van der Waals surface area contributed by atoms with E-state index >= 15 is 0 Å². The third-order valence-corrected chi connectivity index (χ3v) is 6.14. The largest absolute Gasteiger partial charge is 0.347 e. The molecule has 1 fully saturated rings. The van der Waals surface area contributed by atoms with Crippen LogP contribution in [0.25, 0.3) is 5.13 Å². The number of nitrogens with zero attached hydrogens (tertiary/aromatic N) is 5. The van der Waals surface area contributed by atoms with Crippen LogP contribution in [0.3, 0.4) is 0 Å². The highest BCUT2D eigenvalue weighted by Crippen LogP contribution is 2.28. The number of rotatable bonds is 8. The molecule has 3 heterocycles. The lowest BCUT2D eigenvalue weighted by molar-refractivity contribution is 0.271. The van der Waals surface area contributed by atoms with Gasteiger partial charge < -0.3 is 4.90 Å². The Kier molecular flexibility index (Phi) is 6.48. The van der Waals surface area contributed by atoms with Crippen molar-refractivity contribution in [3.05, 3.63) is 24.0 Å². The molecular formula is C19H31N5S. The van der Waals surface area contributed by atoms with E-state index in [0.29, 0.717) is 0 Å². The Morgan fingerprint density at radius 1 is 1.20 bits per heavy atom. The summed E-state index contributed by atoms with van der Waals surface area (Å²) in [6.45, 7) is 12.3. The van der Waals surface area contributed by atoms with Crippen molar-refractivity contribution in [2.75, 3.05) is 31.1 Å². The van der Waals surface area contributed by atoms with Gasteiger partial charge in [0.2, 0.25) is 10.3 Å². The van der Waals surface area contributed by atoms with Crippen molar-refractivity contribution in [3.63, 3.8) is 0 Å². The van der Waals surface area contributed by atoms with E-state index < -0.39 is 0 Å². The normalized spacial score (nSPS) is 16.1. The second-order valence-electron chi connectivity index (χ2n) is 7.13. The van der Waals surface area contributed by atoms with Crippen molar-refractivity contribution in [3.8, 4) is 5.13 Å². The van der Waals surface area contributed by atoms with E-state index in [9.17, 15) is 0 Å². The van der Waals surface area contributed by atoms with Crippen LogP contribution in [0.15, 0.2) is 18.3 Å². The van der Waals surface area contributed by atoms with Gasteiger partial charge in [-0.2, -0.15) is 0 Å². The first kappa shape index (κ1) is 18.4. The lowest BCUT2D eigenvalue weighted by Gasteiger charge is -2.29. The first-order chi connectivity index (χ1) is 12.2. The summed E-state index contributed by atoms with van der Waals surface area (Å²) in [5.74, 6) is 0.836. The number of aromatic nitrogens is 3. The molecule has 0 aromatic carbocycles. The molecule has 6 heteroatoms. The van der Waals surface area contributed by atoms with Crippen LogP contribution in [0.1, 0.15) is 52.1 Å². The van der Waals surface area contributed by atoms with Gasteiger partial charge in [0.25, 0.3) is 0 Å². The SMILES string of the molecule is CCCCN(CC)Cc1cccn1-c1nnc(N2CCC(C)CC2)s1. The number of unbranched alkanes of at least 4 members (excludes halogenated alkanes) is 1. The first-order valence-corrected chi connectivity index (χ1v) is 10.5. The van der Waals surface area contributed by atoms with Crippen molar-refractivity contribution < 1.29 is 0 Å². The summed E-state index contributed by atoms with van der Waals surface area (Å²) in [7, 11) is 0. The minimum Gasteiger partial charge on any atom is -0.347 e. The molecule has 0 saturated carbocycles. The molecule has 0 unspecified atom stereocenters. The molecule has 1 saturated heterocycles. The Hall–Kier alpha value is -1.40. The standard InChI is InChI=1S/C19H31N5S/c1-4-6-11-22(5-2)15-17-8-7-12-24(17)19-21-20-18(25-19)23-13-9-16(3)10-14-23/h7-8,12,16H,4-6,9-11,13-15H2,1-3H3. The summed E-state index contributed by atoms with van der Waals surface area (Å²) in [4.78, 5) is 4.90. The van der Waals surface area contributed by atoms with Gasteiger partial charge in [0.1, 0.15) is 0 Å². The van der Waals surface area contributed by atoms with Gasteiger partial charge in [-0.3, -0.25) is 9.47 Å². The van der Waals surface area contributed by atoms with Gasteiger partial charge in [-0.15, -0.1) is 10.2 Å². The summed E-state index contributed by atoms with van der Waals surface area (Å²) < 4.78 is 2.21. The fourth-order valence-corrected chi connectivity index (χ4v) is 4.24. The molecule has 0 bridgehead atoms. The molecule has 0 atom stereocenters. The van der Waals surface area contributed by atoms with Crippen LogP contribution in [-0.4, -0.2) is 45.8 Å². The summed E-state index contributed by atoms with van der Waals surface area (Å²) in [6, 6.07) is 4.32.